The van der Waals surface area contributed by atoms with E-state index in [1.807, 2.05) is 10.9 Å². The van der Waals surface area contributed by atoms with Gasteiger partial charge in [0.25, 0.3) is 0 Å². The topological polar surface area (TPSA) is 30.7 Å². The zero-order valence-electron chi connectivity index (χ0n) is 8.07. The zero-order valence-corrected chi connectivity index (χ0v) is 12.1. The molecule has 0 amide bonds. The Morgan fingerprint density at radius 3 is 2.80 bits per heavy atom. The second-order valence-electron chi connectivity index (χ2n) is 3.06. The number of aryl methyl sites for hydroxylation is 1. The van der Waals surface area contributed by atoms with Crippen molar-refractivity contribution in [1.82, 2.24) is 14.8 Å². The van der Waals surface area contributed by atoms with E-state index in [1.54, 1.807) is 11.3 Å². The Hall–Kier alpha value is -0.200. The van der Waals surface area contributed by atoms with Crippen LogP contribution in [0.15, 0.2) is 20.9 Å². The quantitative estimate of drug-likeness (QED) is 0.848. The minimum atomic E-state index is 0.879. The summed E-state index contributed by atoms with van der Waals surface area (Å²) < 4.78 is 3.76. The van der Waals surface area contributed by atoms with Crippen molar-refractivity contribution in [2.45, 2.75) is 19.9 Å². The van der Waals surface area contributed by atoms with E-state index in [9.17, 15) is 0 Å². The maximum atomic E-state index is 4.26. The average molecular weight is 351 g/mol. The summed E-state index contributed by atoms with van der Waals surface area (Å²) in [7, 11) is 0. The summed E-state index contributed by atoms with van der Waals surface area (Å²) in [5.41, 5.74) is 1.22. The normalized spacial score (nSPS) is 10.9. The van der Waals surface area contributed by atoms with Crippen molar-refractivity contribution < 1.29 is 0 Å². The van der Waals surface area contributed by atoms with E-state index >= 15 is 0 Å². The van der Waals surface area contributed by atoms with Crippen molar-refractivity contribution >= 4 is 43.2 Å². The fourth-order valence-electron chi connectivity index (χ4n) is 1.27. The Morgan fingerprint density at radius 1 is 1.47 bits per heavy atom. The highest BCUT2D eigenvalue weighted by atomic mass is 79.9. The molecule has 0 saturated carbocycles. The fraction of sp³-hybridized carbons (Fsp3) is 0.333. The molecular weight excluding hydrogens is 342 g/mol. The van der Waals surface area contributed by atoms with Crippen molar-refractivity contribution in [1.29, 1.82) is 0 Å². The first-order valence-corrected chi connectivity index (χ1v) is 6.91. The Kier molecular flexibility index (Phi) is 3.58. The van der Waals surface area contributed by atoms with Crippen LogP contribution in [0.2, 0.25) is 0 Å². The van der Waals surface area contributed by atoms with E-state index in [1.165, 1.54) is 10.4 Å². The summed E-state index contributed by atoms with van der Waals surface area (Å²) >= 11 is 8.46. The van der Waals surface area contributed by atoms with Crippen LogP contribution in [-0.2, 0) is 13.0 Å². The number of hydrogen-bond donors (Lipinski definition) is 0. The van der Waals surface area contributed by atoms with Gasteiger partial charge in [-0.15, -0.1) is 11.3 Å². The lowest BCUT2D eigenvalue weighted by molar-refractivity contribution is 0.659. The summed E-state index contributed by atoms with van der Waals surface area (Å²) in [6.07, 6.45) is 4.85. The molecule has 0 bridgehead atoms. The molecule has 0 fully saturated rings. The Bertz CT molecular complexity index is 464. The molecular formula is C9H9Br2N3S. The van der Waals surface area contributed by atoms with Gasteiger partial charge in [0.1, 0.15) is 4.60 Å². The van der Waals surface area contributed by atoms with Gasteiger partial charge >= 0.3 is 0 Å². The van der Waals surface area contributed by atoms with Crippen molar-refractivity contribution in [2.24, 2.45) is 0 Å². The molecule has 2 heterocycles. The highest BCUT2D eigenvalue weighted by molar-refractivity contribution is 9.11. The van der Waals surface area contributed by atoms with Crippen LogP contribution < -0.4 is 0 Å². The minimum Gasteiger partial charge on any atom is -0.273 e. The standard InChI is InChI=1S/C9H9Br2N3S/c1-2-14-5-6(4-12-14)3-7-8(10)13-9(11)15-7/h4-5H,2-3H2,1H3. The SMILES string of the molecule is CCn1cc(Cc2sc(Br)nc2Br)cn1. The molecule has 80 valence electrons. The van der Waals surface area contributed by atoms with Crippen LogP contribution in [0.25, 0.3) is 0 Å². The van der Waals surface area contributed by atoms with Crippen LogP contribution in [0.3, 0.4) is 0 Å². The highest BCUT2D eigenvalue weighted by Gasteiger charge is 2.08. The summed E-state index contributed by atoms with van der Waals surface area (Å²) in [6.45, 7) is 2.99. The molecule has 2 aromatic rings. The molecule has 0 saturated heterocycles. The number of rotatable bonds is 3. The largest absolute Gasteiger partial charge is 0.273 e. The fourth-order valence-corrected chi connectivity index (χ4v) is 3.66. The maximum absolute atomic E-state index is 4.26. The monoisotopic (exact) mass is 349 g/mol. The van der Waals surface area contributed by atoms with E-state index in [2.05, 4.69) is 55.1 Å². The van der Waals surface area contributed by atoms with Gasteiger partial charge in [-0.1, -0.05) is 0 Å². The number of nitrogens with zero attached hydrogens (tertiary/aromatic N) is 3. The Labute approximate surface area is 109 Å². The number of halogens is 2. The van der Waals surface area contributed by atoms with Crippen molar-refractivity contribution in [3.63, 3.8) is 0 Å². The lowest BCUT2D eigenvalue weighted by atomic mass is 10.2. The van der Waals surface area contributed by atoms with Gasteiger partial charge in [-0.3, -0.25) is 4.68 Å². The summed E-state index contributed by atoms with van der Waals surface area (Å²) in [5.74, 6) is 0. The minimum absolute atomic E-state index is 0.879. The third-order valence-corrected chi connectivity index (χ3v) is 4.42. The molecule has 0 aliphatic carbocycles. The average Bonchev–Trinajstić information content (AvgIpc) is 2.75. The predicted octanol–water partition coefficient (Wildman–Crippen LogP) is 3.48. The lowest BCUT2D eigenvalue weighted by Crippen LogP contribution is -1.92. The first-order chi connectivity index (χ1) is 7.19. The van der Waals surface area contributed by atoms with Crippen molar-refractivity contribution in [2.75, 3.05) is 0 Å². The molecule has 0 aliphatic heterocycles. The summed E-state index contributed by atoms with van der Waals surface area (Å²) in [4.78, 5) is 5.48. The third-order valence-electron chi connectivity index (χ3n) is 2.00. The van der Waals surface area contributed by atoms with Crippen LogP contribution in [0.1, 0.15) is 17.4 Å². The van der Waals surface area contributed by atoms with Crippen LogP contribution in [-0.4, -0.2) is 14.8 Å². The van der Waals surface area contributed by atoms with Gasteiger partial charge < -0.3 is 0 Å². The molecule has 0 atom stereocenters. The third kappa shape index (κ3) is 2.68. The number of thiazole rings is 1. The van der Waals surface area contributed by atoms with E-state index in [0.717, 1.165) is 21.5 Å². The van der Waals surface area contributed by atoms with E-state index in [-0.39, 0.29) is 0 Å². The molecule has 6 heteroatoms. The van der Waals surface area contributed by atoms with Gasteiger partial charge in [0, 0.05) is 24.0 Å². The predicted molar refractivity (Wildman–Crippen MR) is 68.2 cm³/mol. The summed E-state index contributed by atoms with van der Waals surface area (Å²) in [6, 6.07) is 0. The van der Waals surface area contributed by atoms with Gasteiger partial charge in [-0.2, -0.15) is 5.10 Å². The first-order valence-electron chi connectivity index (χ1n) is 4.51. The molecule has 15 heavy (non-hydrogen) atoms. The molecule has 0 N–H and O–H groups in total. The van der Waals surface area contributed by atoms with Gasteiger partial charge in [0.15, 0.2) is 3.92 Å². The van der Waals surface area contributed by atoms with Crippen LogP contribution in [0.4, 0.5) is 0 Å². The molecule has 0 aliphatic rings. The highest BCUT2D eigenvalue weighted by Crippen LogP contribution is 2.29. The van der Waals surface area contributed by atoms with Crippen molar-refractivity contribution in [3.05, 3.63) is 31.4 Å². The second-order valence-corrected chi connectivity index (χ2v) is 6.17. The Morgan fingerprint density at radius 2 is 2.27 bits per heavy atom. The molecule has 0 radical (unpaired) electrons. The molecule has 2 aromatic heterocycles. The molecule has 0 spiro atoms. The molecule has 2 rings (SSSR count). The number of hydrogen-bond acceptors (Lipinski definition) is 3. The van der Waals surface area contributed by atoms with Gasteiger partial charge in [0.05, 0.1) is 6.20 Å². The van der Waals surface area contributed by atoms with E-state index in [0.29, 0.717) is 0 Å². The smallest absolute Gasteiger partial charge is 0.160 e. The lowest BCUT2D eigenvalue weighted by Gasteiger charge is -1.93. The first kappa shape index (κ1) is 11.3. The van der Waals surface area contributed by atoms with Crippen molar-refractivity contribution in [3.8, 4) is 0 Å². The van der Waals surface area contributed by atoms with E-state index in [4.69, 9.17) is 0 Å². The maximum Gasteiger partial charge on any atom is 0.160 e. The van der Waals surface area contributed by atoms with Crippen LogP contribution in [0.5, 0.6) is 0 Å². The molecule has 3 nitrogen and oxygen atoms in total. The number of aromatic nitrogens is 3. The molecule has 0 unspecified atom stereocenters. The van der Waals surface area contributed by atoms with Gasteiger partial charge in [-0.05, 0) is 44.3 Å². The molecule has 0 aromatic carbocycles. The summed E-state index contributed by atoms with van der Waals surface area (Å²) in [5, 5.41) is 4.24. The van der Waals surface area contributed by atoms with Gasteiger partial charge in [-0.25, -0.2) is 4.98 Å². The van der Waals surface area contributed by atoms with Crippen LogP contribution >= 0.6 is 43.2 Å². The van der Waals surface area contributed by atoms with E-state index < -0.39 is 0 Å². The second kappa shape index (κ2) is 4.76. The van der Waals surface area contributed by atoms with Crippen LogP contribution in [0, 0.1) is 0 Å². The zero-order chi connectivity index (χ0) is 10.8. The Balaban J connectivity index is 2.17. The van der Waals surface area contributed by atoms with Gasteiger partial charge in [0.2, 0.25) is 0 Å².